The molecule has 1 fully saturated rings. The molecule has 1 unspecified atom stereocenters. The summed E-state index contributed by atoms with van der Waals surface area (Å²) in [6, 6.07) is 6.00. The first-order chi connectivity index (χ1) is 9.95. The molecule has 1 aromatic carbocycles. The van der Waals surface area contributed by atoms with E-state index in [-0.39, 0.29) is 11.3 Å². The van der Waals surface area contributed by atoms with Gasteiger partial charge in [-0.25, -0.2) is 0 Å². The smallest absolute Gasteiger partial charge is 0.289 e. The summed E-state index contributed by atoms with van der Waals surface area (Å²) < 4.78 is 5.88. The predicted octanol–water partition coefficient (Wildman–Crippen LogP) is 2.86. The maximum atomic E-state index is 12.7. The van der Waals surface area contributed by atoms with Gasteiger partial charge in [-0.1, -0.05) is 25.1 Å². The number of amides is 1. The maximum absolute atomic E-state index is 12.7. The van der Waals surface area contributed by atoms with E-state index in [1.807, 2.05) is 36.9 Å². The third-order valence-electron chi connectivity index (χ3n) is 4.69. The molecule has 3 rings (SSSR count). The van der Waals surface area contributed by atoms with Crippen molar-refractivity contribution in [2.45, 2.75) is 27.2 Å². The number of benzene rings is 1. The Morgan fingerprint density at radius 3 is 2.81 bits per heavy atom. The van der Waals surface area contributed by atoms with Gasteiger partial charge in [0.2, 0.25) is 0 Å². The minimum absolute atomic E-state index is 0.0136. The molecule has 1 saturated heterocycles. The van der Waals surface area contributed by atoms with Gasteiger partial charge in [0.15, 0.2) is 5.76 Å². The van der Waals surface area contributed by atoms with E-state index in [4.69, 9.17) is 10.2 Å². The number of nitrogens with zero attached hydrogens (tertiary/aromatic N) is 1. The minimum Gasteiger partial charge on any atom is -0.450 e. The van der Waals surface area contributed by atoms with Crippen LogP contribution in [0.15, 0.2) is 22.6 Å². The van der Waals surface area contributed by atoms with Crippen LogP contribution in [0.5, 0.6) is 0 Å². The van der Waals surface area contributed by atoms with Crippen LogP contribution in [0.2, 0.25) is 0 Å². The molecule has 1 aliphatic heterocycles. The quantitative estimate of drug-likeness (QED) is 0.923. The van der Waals surface area contributed by atoms with Gasteiger partial charge in [-0.15, -0.1) is 0 Å². The van der Waals surface area contributed by atoms with E-state index in [1.165, 1.54) is 0 Å². The summed E-state index contributed by atoms with van der Waals surface area (Å²) in [6.07, 6.45) is 0.952. The summed E-state index contributed by atoms with van der Waals surface area (Å²) in [5, 5.41) is 1.03. The molecule has 0 spiro atoms. The number of para-hydroxylation sites is 1. The number of furan rings is 1. The van der Waals surface area contributed by atoms with Gasteiger partial charge >= 0.3 is 0 Å². The molecule has 4 nitrogen and oxygen atoms in total. The molecule has 0 aliphatic carbocycles. The zero-order valence-corrected chi connectivity index (χ0v) is 12.9. The molecule has 2 aromatic rings. The zero-order chi connectivity index (χ0) is 15.2. The van der Waals surface area contributed by atoms with E-state index in [1.54, 1.807) is 0 Å². The number of fused-ring (bicyclic) bond motifs is 1. The highest BCUT2D eigenvalue weighted by molar-refractivity contribution is 5.99. The van der Waals surface area contributed by atoms with E-state index in [0.717, 1.165) is 35.1 Å². The minimum atomic E-state index is -0.0136. The van der Waals surface area contributed by atoms with Gasteiger partial charge in [0, 0.05) is 24.0 Å². The number of nitrogens with two attached hydrogens (primary N) is 1. The molecule has 1 aromatic heterocycles. The van der Waals surface area contributed by atoms with Crippen molar-refractivity contribution < 1.29 is 9.21 Å². The van der Waals surface area contributed by atoms with Crippen molar-refractivity contribution in [3.8, 4) is 0 Å². The number of rotatable bonds is 2. The molecular weight excluding hydrogens is 264 g/mol. The zero-order valence-electron chi connectivity index (χ0n) is 12.9. The number of likely N-dealkylation sites (tertiary alicyclic amines) is 1. The van der Waals surface area contributed by atoms with Gasteiger partial charge in [0.05, 0.1) is 0 Å². The molecule has 112 valence electrons. The Bertz CT molecular complexity index is 704. The van der Waals surface area contributed by atoms with Gasteiger partial charge in [0.1, 0.15) is 5.58 Å². The van der Waals surface area contributed by atoms with E-state index in [9.17, 15) is 4.79 Å². The molecule has 0 radical (unpaired) electrons. The molecule has 2 heterocycles. The predicted molar refractivity (Wildman–Crippen MR) is 83.4 cm³/mol. The molecule has 1 amide bonds. The van der Waals surface area contributed by atoms with Crippen LogP contribution in [0.4, 0.5) is 0 Å². The lowest BCUT2D eigenvalue weighted by Gasteiger charge is -2.22. The van der Waals surface area contributed by atoms with E-state index in [0.29, 0.717) is 18.8 Å². The summed E-state index contributed by atoms with van der Waals surface area (Å²) in [7, 11) is 0. The SMILES string of the molecule is Cc1c(C(=O)N2CCC(C)(CN)C2)oc2c(C)cccc12. The molecule has 21 heavy (non-hydrogen) atoms. The standard InChI is InChI=1S/C17H22N2O2/c1-11-5-4-6-13-12(2)15(21-14(11)13)16(20)19-8-7-17(3,9-18)10-19/h4-6H,7-10,18H2,1-3H3. The van der Waals surface area contributed by atoms with Gasteiger partial charge in [0.25, 0.3) is 5.91 Å². The first kappa shape index (κ1) is 14.1. The lowest BCUT2D eigenvalue weighted by Crippen LogP contribution is -2.34. The second-order valence-corrected chi connectivity index (χ2v) is 6.50. The Labute approximate surface area is 124 Å². The third-order valence-corrected chi connectivity index (χ3v) is 4.69. The monoisotopic (exact) mass is 286 g/mol. The Kier molecular flexibility index (Phi) is 3.29. The first-order valence-electron chi connectivity index (χ1n) is 7.43. The van der Waals surface area contributed by atoms with E-state index >= 15 is 0 Å². The van der Waals surface area contributed by atoms with Crippen LogP contribution >= 0.6 is 0 Å². The van der Waals surface area contributed by atoms with Crippen molar-refractivity contribution >= 4 is 16.9 Å². The van der Waals surface area contributed by atoms with Crippen LogP contribution in [-0.2, 0) is 0 Å². The van der Waals surface area contributed by atoms with Crippen LogP contribution in [-0.4, -0.2) is 30.4 Å². The number of hydrogen-bond donors (Lipinski definition) is 1. The van der Waals surface area contributed by atoms with Crippen molar-refractivity contribution in [3.05, 3.63) is 35.1 Å². The Morgan fingerprint density at radius 1 is 1.43 bits per heavy atom. The molecule has 4 heteroatoms. The molecule has 2 N–H and O–H groups in total. The molecular formula is C17H22N2O2. The summed E-state index contributed by atoms with van der Waals surface area (Å²) in [5.74, 6) is 0.459. The average molecular weight is 286 g/mol. The van der Waals surface area contributed by atoms with Crippen molar-refractivity contribution in [1.29, 1.82) is 0 Å². The van der Waals surface area contributed by atoms with Crippen molar-refractivity contribution in [1.82, 2.24) is 4.90 Å². The highest BCUT2D eigenvalue weighted by atomic mass is 16.3. The van der Waals surface area contributed by atoms with Gasteiger partial charge < -0.3 is 15.1 Å². The number of aryl methyl sites for hydroxylation is 2. The van der Waals surface area contributed by atoms with Crippen LogP contribution < -0.4 is 5.73 Å². The number of hydrogen-bond acceptors (Lipinski definition) is 3. The second kappa shape index (κ2) is 4.88. The molecule has 0 bridgehead atoms. The summed E-state index contributed by atoms with van der Waals surface area (Å²) in [5.41, 5.74) is 8.66. The normalized spacial score (nSPS) is 22.2. The highest BCUT2D eigenvalue weighted by Gasteiger charge is 2.36. The van der Waals surface area contributed by atoms with Crippen LogP contribution in [0.25, 0.3) is 11.0 Å². The fourth-order valence-electron chi connectivity index (χ4n) is 3.10. The fraction of sp³-hybridized carbons (Fsp3) is 0.471. The van der Waals surface area contributed by atoms with Crippen molar-refractivity contribution in [3.63, 3.8) is 0 Å². The van der Waals surface area contributed by atoms with Gasteiger partial charge in [-0.2, -0.15) is 0 Å². The Hall–Kier alpha value is -1.81. The lowest BCUT2D eigenvalue weighted by atomic mass is 9.90. The van der Waals surface area contributed by atoms with Gasteiger partial charge in [-0.05, 0) is 37.8 Å². The first-order valence-corrected chi connectivity index (χ1v) is 7.43. The van der Waals surface area contributed by atoms with E-state index in [2.05, 4.69) is 6.92 Å². The van der Waals surface area contributed by atoms with Crippen molar-refractivity contribution in [2.24, 2.45) is 11.1 Å². The summed E-state index contributed by atoms with van der Waals surface area (Å²) in [4.78, 5) is 14.6. The largest absolute Gasteiger partial charge is 0.450 e. The highest BCUT2D eigenvalue weighted by Crippen LogP contribution is 2.32. The average Bonchev–Trinajstić information content (AvgIpc) is 3.02. The maximum Gasteiger partial charge on any atom is 0.289 e. The fourth-order valence-corrected chi connectivity index (χ4v) is 3.10. The third kappa shape index (κ3) is 2.23. The molecule has 0 saturated carbocycles. The Morgan fingerprint density at radius 2 is 2.19 bits per heavy atom. The molecule has 1 atom stereocenters. The van der Waals surface area contributed by atoms with Crippen molar-refractivity contribution in [2.75, 3.05) is 19.6 Å². The summed E-state index contributed by atoms with van der Waals surface area (Å²) >= 11 is 0. The van der Waals surface area contributed by atoms with Gasteiger partial charge in [-0.3, -0.25) is 4.79 Å². The van der Waals surface area contributed by atoms with E-state index < -0.39 is 0 Å². The van der Waals surface area contributed by atoms with Crippen LogP contribution in [0, 0.1) is 19.3 Å². The number of carbonyl (C=O) groups excluding carboxylic acids is 1. The van der Waals surface area contributed by atoms with Crippen LogP contribution in [0.3, 0.4) is 0 Å². The second-order valence-electron chi connectivity index (χ2n) is 6.50. The van der Waals surface area contributed by atoms with Crippen LogP contribution in [0.1, 0.15) is 35.0 Å². The Balaban J connectivity index is 1.96. The molecule has 1 aliphatic rings. The topological polar surface area (TPSA) is 59.5 Å². The lowest BCUT2D eigenvalue weighted by molar-refractivity contribution is 0.0746. The number of carbonyl (C=O) groups is 1. The summed E-state index contributed by atoms with van der Waals surface area (Å²) in [6.45, 7) is 8.16.